The number of carbonyl (C=O) groups is 1. The lowest BCUT2D eigenvalue weighted by Crippen LogP contribution is -2.52. The van der Waals surface area contributed by atoms with Gasteiger partial charge in [0, 0.05) is 18.8 Å². The van der Waals surface area contributed by atoms with Crippen molar-refractivity contribution >= 4 is 15.9 Å². The molecule has 0 radical (unpaired) electrons. The van der Waals surface area contributed by atoms with E-state index in [0.717, 1.165) is 0 Å². The zero-order chi connectivity index (χ0) is 20.2. The van der Waals surface area contributed by atoms with E-state index in [1.165, 1.54) is 16.6 Å². The molecule has 1 aliphatic rings. The molecule has 27 heavy (non-hydrogen) atoms. The van der Waals surface area contributed by atoms with E-state index in [2.05, 4.69) is 10.3 Å². The zero-order valence-electron chi connectivity index (χ0n) is 16.1. The van der Waals surface area contributed by atoms with Crippen LogP contribution < -0.4 is 11.1 Å². The average molecular weight is 399 g/mol. The first-order valence-electron chi connectivity index (χ1n) is 9.29. The number of aliphatic hydroxyl groups is 1. The van der Waals surface area contributed by atoms with E-state index >= 15 is 0 Å². The summed E-state index contributed by atoms with van der Waals surface area (Å²) in [5.74, 6) is -0.0368. The second-order valence-electron chi connectivity index (χ2n) is 7.59. The molecular weight excluding hydrogens is 368 g/mol. The summed E-state index contributed by atoms with van der Waals surface area (Å²) in [6.07, 6.45) is 1.92. The standard InChI is InChI=1S/C18H30N4O4S/c1-12(2)10-14(19)18(24)21-15-8-7-13(3)22(11-16(15)23)27(25,26)17-6-4-5-9-20-17/h4-6,9,12-16,23H,7-8,10-11,19H2,1-3H3,(H,21,24)/t13-,14-,15+,16+/m0/s1. The molecule has 4 N–H and O–H groups in total. The van der Waals surface area contributed by atoms with Gasteiger partial charge in [0.05, 0.1) is 18.2 Å². The van der Waals surface area contributed by atoms with Crippen molar-refractivity contribution < 1.29 is 18.3 Å². The fraction of sp³-hybridized carbons (Fsp3) is 0.667. The maximum atomic E-state index is 12.9. The smallest absolute Gasteiger partial charge is 0.260 e. The normalized spacial score (nSPS) is 25.8. The largest absolute Gasteiger partial charge is 0.390 e. The zero-order valence-corrected chi connectivity index (χ0v) is 16.9. The number of carbonyl (C=O) groups excluding carboxylic acids is 1. The van der Waals surface area contributed by atoms with Gasteiger partial charge in [0.25, 0.3) is 10.0 Å². The van der Waals surface area contributed by atoms with E-state index in [1.54, 1.807) is 19.1 Å². The van der Waals surface area contributed by atoms with Gasteiger partial charge in [-0.05, 0) is 44.2 Å². The average Bonchev–Trinajstić information content (AvgIpc) is 2.75. The number of aliphatic hydroxyl groups excluding tert-OH is 1. The molecule has 0 aliphatic carbocycles. The molecule has 1 aromatic heterocycles. The maximum Gasteiger partial charge on any atom is 0.260 e. The van der Waals surface area contributed by atoms with Crippen LogP contribution in [0, 0.1) is 5.92 Å². The molecule has 1 amide bonds. The van der Waals surface area contributed by atoms with Crippen molar-refractivity contribution in [1.82, 2.24) is 14.6 Å². The summed E-state index contributed by atoms with van der Waals surface area (Å²) in [7, 11) is -3.83. The predicted octanol–water partition coefficient (Wildman–Crippen LogP) is 0.474. The number of amides is 1. The fourth-order valence-corrected chi connectivity index (χ4v) is 4.89. The third kappa shape index (κ3) is 5.47. The van der Waals surface area contributed by atoms with Crippen molar-refractivity contribution in [1.29, 1.82) is 0 Å². The van der Waals surface area contributed by atoms with Crippen molar-refractivity contribution in [3.8, 4) is 0 Å². The fourth-order valence-electron chi connectivity index (χ4n) is 3.28. The van der Waals surface area contributed by atoms with Gasteiger partial charge in [-0.25, -0.2) is 13.4 Å². The molecule has 0 aromatic carbocycles. The van der Waals surface area contributed by atoms with Crippen molar-refractivity contribution in [3.05, 3.63) is 24.4 Å². The molecule has 1 saturated heterocycles. The summed E-state index contributed by atoms with van der Waals surface area (Å²) < 4.78 is 27.1. The number of nitrogens with two attached hydrogens (primary N) is 1. The summed E-state index contributed by atoms with van der Waals surface area (Å²) in [5, 5.41) is 13.3. The van der Waals surface area contributed by atoms with E-state index in [1.807, 2.05) is 13.8 Å². The molecule has 9 heteroatoms. The van der Waals surface area contributed by atoms with Crippen LogP contribution in [-0.4, -0.2) is 59.5 Å². The van der Waals surface area contributed by atoms with Crippen LogP contribution in [0.5, 0.6) is 0 Å². The summed E-state index contributed by atoms with van der Waals surface area (Å²) in [4.78, 5) is 16.2. The predicted molar refractivity (Wildman–Crippen MR) is 102 cm³/mol. The lowest BCUT2D eigenvalue weighted by Gasteiger charge is -2.28. The topological polar surface area (TPSA) is 126 Å². The Morgan fingerprint density at radius 3 is 2.70 bits per heavy atom. The Bertz CT molecular complexity index is 726. The van der Waals surface area contributed by atoms with Crippen molar-refractivity contribution in [3.63, 3.8) is 0 Å². The van der Waals surface area contributed by atoms with Crippen LogP contribution in [0.3, 0.4) is 0 Å². The lowest BCUT2D eigenvalue weighted by atomic mass is 10.0. The Morgan fingerprint density at radius 2 is 2.11 bits per heavy atom. The minimum Gasteiger partial charge on any atom is -0.390 e. The first-order valence-corrected chi connectivity index (χ1v) is 10.7. The Balaban J connectivity index is 2.12. The lowest BCUT2D eigenvalue weighted by molar-refractivity contribution is -0.124. The van der Waals surface area contributed by atoms with E-state index in [4.69, 9.17) is 5.73 Å². The third-order valence-electron chi connectivity index (χ3n) is 4.82. The molecule has 0 spiro atoms. The highest BCUT2D eigenvalue weighted by molar-refractivity contribution is 7.89. The summed E-state index contributed by atoms with van der Waals surface area (Å²) in [6.45, 7) is 5.65. The van der Waals surface area contributed by atoms with Crippen LogP contribution in [0.2, 0.25) is 0 Å². The number of nitrogens with one attached hydrogen (secondary N) is 1. The Hall–Kier alpha value is -1.55. The number of hydrogen-bond acceptors (Lipinski definition) is 6. The first-order chi connectivity index (χ1) is 12.6. The van der Waals surface area contributed by atoms with Gasteiger partial charge in [-0.3, -0.25) is 4.79 Å². The number of pyridine rings is 1. The van der Waals surface area contributed by atoms with E-state index in [0.29, 0.717) is 19.3 Å². The van der Waals surface area contributed by atoms with E-state index < -0.39 is 28.2 Å². The minimum atomic E-state index is -3.83. The highest BCUT2D eigenvalue weighted by atomic mass is 32.2. The van der Waals surface area contributed by atoms with Gasteiger partial charge in [-0.2, -0.15) is 4.31 Å². The molecule has 4 atom stereocenters. The minimum absolute atomic E-state index is 0.0505. The van der Waals surface area contributed by atoms with Gasteiger partial charge in [-0.15, -0.1) is 0 Å². The van der Waals surface area contributed by atoms with Crippen molar-refractivity contribution in [2.45, 2.75) is 69.3 Å². The Labute approximate surface area is 161 Å². The van der Waals surface area contributed by atoms with Crippen LogP contribution in [0.25, 0.3) is 0 Å². The first kappa shape index (κ1) is 21.7. The van der Waals surface area contributed by atoms with Crippen LogP contribution in [-0.2, 0) is 14.8 Å². The number of hydrogen-bond donors (Lipinski definition) is 3. The summed E-state index contributed by atoms with van der Waals surface area (Å²) >= 11 is 0. The maximum absolute atomic E-state index is 12.9. The van der Waals surface area contributed by atoms with Crippen LogP contribution >= 0.6 is 0 Å². The molecule has 2 heterocycles. The van der Waals surface area contributed by atoms with Gasteiger partial charge in [0.15, 0.2) is 5.03 Å². The molecular formula is C18H30N4O4S. The quantitative estimate of drug-likeness (QED) is 0.640. The number of β-amino-alcohol motifs (C(OH)–C–C–N with tert-alkyl or cyclic N) is 1. The van der Waals surface area contributed by atoms with Crippen LogP contribution in [0.4, 0.5) is 0 Å². The molecule has 1 aliphatic heterocycles. The second kappa shape index (κ2) is 9.09. The Morgan fingerprint density at radius 1 is 1.41 bits per heavy atom. The van der Waals surface area contributed by atoms with Gasteiger partial charge in [-0.1, -0.05) is 19.9 Å². The third-order valence-corrected chi connectivity index (χ3v) is 6.72. The molecule has 8 nitrogen and oxygen atoms in total. The van der Waals surface area contributed by atoms with Gasteiger partial charge < -0.3 is 16.2 Å². The summed E-state index contributed by atoms with van der Waals surface area (Å²) in [5.41, 5.74) is 5.91. The highest BCUT2D eigenvalue weighted by Gasteiger charge is 2.37. The molecule has 0 bridgehead atoms. The molecule has 0 unspecified atom stereocenters. The van der Waals surface area contributed by atoms with Gasteiger partial charge >= 0.3 is 0 Å². The number of sulfonamides is 1. The van der Waals surface area contributed by atoms with Crippen molar-refractivity contribution in [2.24, 2.45) is 11.7 Å². The Kier molecular flexibility index (Phi) is 7.32. The molecule has 2 rings (SSSR count). The van der Waals surface area contributed by atoms with Crippen LogP contribution in [0.1, 0.15) is 40.0 Å². The molecule has 152 valence electrons. The monoisotopic (exact) mass is 398 g/mol. The highest BCUT2D eigenvalue weighted by Crippen LogP contribution is 2.24. The second-order valence-corrected chi connectivity index (χ2v) is 9.42. The molecule has 1 aromatic rings. The van der Waals surface area contributed by atoms with E-state index in [-0.39, 0.29) is 29.4 Å². The van der Waals surface area contributed by atoms with E-state index in [9.17, 15) is 18.3 Å². The number of nitrogens with zero attached hydrogens (tertiary/aromatic N) is 2. The number of aromatic nitrogens is 1. The molecule has 1 fully saturated rings. The number of rotatable bonds is 6. The van der Waals surface area contributed by atoms with Gasteiger partial charge in [0.2, 0.25) is 5.91 Å². The van der Waals surface area contributed by atoms with Crippen LogP contribution in [0.15, 0.2) is 29.4 Å². The van der Waals surface area contributed by atoms with Crippen molar-refractivity contribution in [2.75, 3.05) is 6.54 Å². The van der Waals surface area contributed by atoms with Gasteiger partial charge in [0.1, 0.15) is 0 Å². The SMILES string of the molecule is CC(C)C[C@H](N)C(=O)N[C@@H]1CC[C@H](C)N(S(=O)(=O)c2ccccn2)C[C@H]1O. The summed E-state index contributed by atoms with van der Waals surface area (Å²) in [6, 6.07) is 3.18. The molecule has 0 saturated carbocycles.